The van der Waals surface area contributed by atoms with Crippen LogP contribution in [0.3, 0.4) is 0 Å². The molecular formula is C18H18FNO3. The molecule has 5 heteroatoms. The number of benzene rings is 2. The average Bonchev–Trinajstić information content (AvgIpc) is 3.05. The molecule has 0 aliphatic carbocycles. The van der Waals surface area contributed by atoms with Gasteiger partial charge in [0.25, 0.3) is 0 Å². The lowest BCUT2D eigenvalue weighted by molar-refractivity contribution is -0.141. The number of halogens is 1. The molecule has 1 aliphatic rings. The lowest BCUT2D eigenvalue weighted by atomic mass is 10.00. The Morgan fingerprint density at radius 2 is 2.04 bits per heavy atom. The first-order valence-electron chi connectivity index (χ1n) is 7.56. The van der Waals surface area contributed by atoms with Crippen LogP contribution < -0.4 is 10.1 Å². The van der Waals surface area contributed by atoms with Crippen LogP contribution in [-0.4, -0.2) is 17.6 Å². The first kappa shape index (κ1) is 15.5. The van der Waals surface area contributed by atoms with Crippen LogP contribution in [0.1, 0.15) is 23.6 Å². The molecule has 2 N–H and O–H groups in total. The summed E-state index contributed by atoms with van der Waals surface area (Å²) in [6.07, 6.45) is 0.471. The summed E-state index contributed by atoms with van der Waals surface area (Å²) in [6.45, 7) is 0.716. The Hall–Kier alpha value is -2.40. The highest BCUT2D eigenvalue weighted by molar-refractivity contribution is 5.70. The molecule has 0 aromatic heterocycles. The Labute approximate surface area is 133 Å². The molecule has 2 atom stereocenters. The highest BCUT2D eigenvalue weighted by Gasteiger charge is 2.30. The van der Waals surface area contributed by atoms with E-state index >= 15 is 0 Å². The molecule has 1 saturated heterocycles. The van der Waals surface area contributed by atoms with Gasteiger partial charge < -0.3 is 15.2 Å². The topological polar surface area (TPSA) is 58.6 Å². The lowest BCUT2D eigenvalue weighted by Gasteiger charge is -2.13. The van der Waals surface area contributed by atoms with E-state index in [9.17, 15) is 9.18 Å². The van der Waals surface area contributed by atoms with Gasteiger partial charge in [0.1, 0.15) is 6.61 Å². The third kappa shape index (κ3) is 3.68. The van der Waals surface area contributed by atoms with E-state index in [1.165, 1.54) is 6.07 Å². The number of rotatable bonds is 5. The highest BCUT2D eigenvalue weighted by Crippen LogP contribution is 2.30. The smallest absolute Gasteiger partial charge is 0.307 e. The molecule has 4 nitrogen and oxygen atoms in total. The molecule has 1 fully saturated rings. The Balaban J connectivity index is 1.65. The second-order valence-corrected chi connectivity index (χ2v) is 5.70. The van der Waals surface area contributed by atoms with Crippen molar-refractivity contribution in [1.29, 1.82) is 0 Å². The SMILES string of the molecule is O=C(O)C1CNC(c2ccc(OCc3ccccc3)c(F)c2)C1. The van der Waals surface area contributed by atoms with E-state index in [4.69, 9.17) is 9.84 Å². The Morgan fingerprint density at radius 1 is 1.26 bits per heavy atom. The third-order valence-electron chi connectivity index (χ3n) is 4.08. The van der Waals surface area contributed by atoms with Crippen molar-refractivity contribution in [3.63, 3.8) is 0 Å². The van der Waals surface area contributed by atoms with Crippen molar-refractivity contribution in [2.45, 2.75) is 19.1 Å². The first-order valence-corrected chi connectivity index (χ1v) is 7.56. The van der Waals surface area contributed by atoms with Gasteiger partial charge in [-0.1, -0.05) is 36.4 Å². The summed E-state index contributed by atoms with van der Waals surface area (Å²) in [5.41, 5.74) is 1.72. The summed E-state index contributed by atoms with van der Waals surface area (Å²) in [7, 11) is 0. The zero-order valence-electron chi connectivity index (χ0n) is 12.5. The van der Waals surface area contributed by atoms with Gasteiger partial charge in [-0.15, -0.1) is 0 Å². The molecular weight excluding hydrogens is 297 g/mol. The van der Waals surface area contributed by atoms with Crippen LogP contribution in [0.5, 0.6) is 5.75 Å². The van der Waals surface area contributed by atoms with Crippen molar-refractivity contribution in [1.82, 2.24) is 5.32 Å². The summed E-state index contributed by atoms with van der Waals surface area (Å²) in [5, 5.41) is 12.1. The molecule has 0 saturated carbocycles. The van der Waals surface area contributed by atoms with Crippen molar-refractivity contribution in [2.24, 2.45) is 5.92 Å². The van der Waals surface area contributed by atoms with E-state index in [2.05, 4.69) is 5.32 Å². The fourth-order valence-corrected chi connectivity index (χ4v) is 2.76. The minimum Gasteiger partial charge on any atom is -0.486 e. The number of aliphatic carboxylic acids is 1. The quantitative estimate of drug-likeness (QED) is 0.890. The summed E-state index contributed by atoms with van der Waals surface area (Å²) < 4.78 is 19.7. The molecule has 2 aromatic rings. The maximum atomic E-state index is 14.2. The summed E-state index contributed by atoms with van der Waals surface area (Å²) in [5.74, 6) is -1.47. The second kappa shape index (κ2) is 6.79. The number of ether oxygens (including phenoxy) is 1. The van der Waals surface area contributed by atoms with Gasteiger partial charge in [-0.3, -0.25) is 4.79 Å². The van der Waals surface area contributed by atoms with Crippen LogP contribution in [0.4, 0.5) is 4.39 Å². The normalized spacial score (nSPS) is 20.4. The van der Waals surface area contributed by atoms with Crippen LogP contribution in [0.25, 0.3) is 0 Å². The van der Waals surface area contributed by atoms with Gasteiger partial charge in [-0.2, -0.15) is 0 Å². The van der Waals surface area contributed by atoms with Gasteiger partial charge in [-0.25, -0.2) is 4.39 Å². The maximum absolute atomic E-state index is 14.2. The van der Waals surface area contributed by atoms with Crippen LogP contribution in [0.15, 0.2) is 48.5 Å². The lowest BCUT2D eigenvalue weighted by Crippen LogP contribution is -2.17. The number of hydrogen-bond donors (Lipinski definition) is 2. The number of carbonyl (C=O) groups is 1. The highest BCUT2D eigenvalue weighted by atomic mass is 19.1. The predicted molar refractivity (Wildman–Crippen MR) is 83.7 cm³/mol. The van der Waals surface area contributed by atoms with Crippen LogP contribution >= 0.6 is 0 Å². The molecule has 3 rings (SSSR count). The summed E-state index contributed by atoms with van der Waals surface area (Å²) in [4.78, 5) is 11.0. The van der Waals surface area contributed by atoms with Crippen molar-refractivity contribution in [3.8, 4) is 5.75 Å². The average molecular weight is 315 g/mol. The molecule has 0 spiro atoms. The molecule has 0 bridgehead atoms. The van der Waals surface area contributed by atoms with E-state index in [-0.39, 0.29) is 11.8 Å². The van der Waals surface area contributed by atoms with Gasteiger partial charge in [0, 0.05) is 12.6 Å². The van der Waals surface area contributed by atoms with Gasteiger partial charge in [0.05, 0.1) is 5.92 Å². The largest absolute Gasteiger partial charge is 0.486 e. The summed E-state index contributed by atoms with van der Waals surface area (Å²) >= 11 is 0. The van der Waals surface area contributed by atoms with E-state index in [0.29, 0.717) is 19.6 Å². The Morgan fingerprint density at radius 3 is 2.70 bits per heavy atom. The number of hydrogen-bond acceptors (Lipinski definition) is 3. The summed E-state index contributed by atoms with van der Waals surface area (Å²) in [6, 6.07) is 14.2. The molecule has 23 heavy (non-hydrogen) atoms. The fourth-order valence-electron chi connectivity index (χ4n) is 2.76. The van der Waals surface area contributed by atoms with E-state index in [1.54, 1.807) is 12.1 Å². The number of nitrogens with one attached hydrogen (secondary N) is 1. The first-order chi connectivity index (χ1) is 11.1. The van der Waals surface area contributed by atoms with Gasteiger partial charge in [0.15, 0.2) is 11.6 Å². The van der Waals surface area contributed by atoms with Crippen LogP contribution in [-0.2, 0) is 11.4 Å². The predicted octanol–water partition coefficient (Wildman–Crippen LogP) is 3.14. The molecule has 1 aliphatic heterocycles. The standard InChI is InChI=1S/C18H18FNO3/c19-15-8-13(16-9-14(10-20-16)18(21)22)6-7-17(15)23-11-12-4-2-1-3-5-12/h1-8,14,16,20H,9-11H2,(H,21,22). The van der Waals surface area contributed by atoms with E-state index in [1.807, 2.05) is 30.3 Å². The second-order valence-electron chi connectivity index (χ2n) is 5.70. The fraction of sp³-hybridized carbons (Fsp3) is 0.278. The van der Waals surface area contributed by atoms with Gasteiger partial charge in [0.2, 0.25) is 0 Å². The van der Waals surface area contributed by atoms with Crippen molar-refractivity contribution in [3.05, 3.63) is 65.5 Å². The van der Waals surface area contributed by atoms with Gasteiger partial charge in [-0.05, 0) is 29.7 Å². The molecule has 0 radical (unpaired) electrons. The van der Waals surface area contributed by atoms with Crippen LogP contribution in [0, 0.1) is 11.7 Å². The minimum atomic E-state index is -0.816. The van der Waals surface area contributed by atoms with Gasteiger partial charge >= 0.3 is 5.97 Å². The molecule has 2 unspecified atom stereocenters. The maximum Gasteiger partial charge on any atom is 0.307 e. The Bertz CT molecular complexity index is 690. The zero-order chi connectivity index (χ0) is 16.2. The zero-order valence-corrected chi connectivity index (χ0v) is 12.5. The molecule has 0 amide bonds. The number of carboxylic acids is 1. The third-order valence-corrected chi connectivity index (χ3v) is 4.08. The van der Waals surface area contributed by atoms with E-state index in [0.717, 1.165) is 11.1 Å². The molecule has 1 heterocycles. The Kier molecular flexibility index (Phi) is 4.57. The monoisotopic (exact) mass is 315 g/mol. The van der Waals surface area contributed by atoms with Crippen molar-refractivity contribution >= 4 is 5.97 Å². The molecule has 2 aromatic carbocycles. The van der Waals surface area contributed by atoms with Crippen molar-refractivity contribution < 1.29 is 19.0 Å². The van der Waals surface area contributed by atoms with Crippen LogP contribution in [0.2, 0.25) is 0 Å². The van der Waals surface area contributed by atoms with Crippen molar-refractivity contribution in [2.75, 3.05) is 6.54 Å². The minimum absolute atomic E-state index is 0.131. The molecule has 120 valence electrons. The van der Waals surface area contributed by atoms with E-state index < -0.39 is 17.7 Å². The number of carboxylic acid groups (broad SMARTS) is 1.